The number of aromatic nitrogens is 3. The number of piperidine rings is 1. The molecule has 120 valence electrons. The van der Waals surface area contributed by atoms with Crippen LogP contribution in [0.25, 0.3) is 0 Å². The average Bonchev–Trinajstić information content (AvgIpc) is 2.55. The fourth-order valence-corrected chi connectivity index (χ4v) is 2.53. The number of nitrogens with one attached hydrogen (secondary N) is 1. The Morgan fingerprint density at radius 2 is 2.13 bits per heavy atom. The van der Waals surface area contributed by atoms with Crippen LogP contribution in [0.1, 0.15) is 23.2 Å². The van der Waals surface area contributed by atoms with Crippen molar-refractivity contribution in [1.29, 1.82) is 0 Å². The molecule has 8 nitrogen and oxygen atoms in total. The Morgan fingerprint density at radius 3 is 2.78 bits per heavy atom. The number of likely N-dealkylation sites (tertiary alicyclic amines) is 1. The molecule has 0 saturated carbocycles. The molecule has 0 aliphatic carbocycles. The number of H-pyrrole nitrogens is 1. The molecule has 2 aromatic heterocycles. The lowest BCUT2D eigenvalue weighted by Gasteiger charge is -2.31. The number of ether oxygens (including phenoxy) is 1. The number of carbonyl (C=O) groups is 1. The summed E-state index contributed by atoms with van der Waals surface area (Å²) in [4.78, 5) is 35.4. The molecule has 3 heterocycles. The molecule has 23 heavy (non-hydrogen) atoms. The molecule has 0 radical (unpaired) electrons. The van der Waals surface area contributed by atoms with Crippen LogP contribution in [0.5, 0.6) is 11.8 Å². The van der Waals surface area contributed by atoms with Crippen molar-refractivity contribution in [3.63, 3.8) is 0 Å². The van der Waals surface area contributed by atoms with Crippen molar-refractivity contribution in [2.24, 2.45) is 0 Å². The van der Waals surface area contributed by atoms with Gasteiger partial charge in [0.25, 0.3) is 11.5 Å². The van der Waals surface area contributed by atoms with Crippen molar-refractivity contribution < 1.29 is 14.6 Å². The van der Waals surface area contributed by atoms with E-state index in [4.69, 9.17) is 4.74 Å². The SMILES string of the molecule is O=C(c1cc(O)[nH]c(=O)c1)N1CCC(Oc2ccncn2)CC1. The molecule has 0 bridgehead atoms. The first-order chi connectivity index (χ1) is 11.1. The molecule has 3 rings (SSSR count). The van der Waals surface area contributed by atoms with E-state index in [0.29, 0.717) is 31.8 Å². The molecular formula is C15H16N4O4. The molecule has 2 N–H and O–H groups in total. The van der Waals surface area contributed by atoms with E-state index in [1.165, 1.54) is 18.5 Å². The van der Waals surface area contributed by atoms with Crippen LogP contribution < -0.4 is 10.3 Å². The number of aromatic hydroxyl groups is 1. The molecule has 1 aliphatic rings. The van der Waals surface area contributed by atoms with Gasteiger partial charge in [-0.05, 0) is 0 Å². The van der Waals surface area contributed by atoms with E-state index in [1.54, 1.807) is 17.2 Å². The minimum Gasteiger partial charge on any atom is -0.494 e. The van der Waals surface area contributed by atoms with E-state index < -0.39 is 5.56 Å². The monoisotopic (exact) mass is 316 g/mol. The van der Waals surface area contributed by atoms with Gasteiger partial charge in [-0.25, -0.2) is 9.97 Å². The van der Waals surface area contributed by atoms with Crippen LogP contribution in [0.15, 0.2) is 35.5 Å². The Bertz CT molecular complexity index is 739. The number of hydrogen-bond acceptors (Lipinski definition) is 6. The molecule has 1 saturated heterocycles. The lowest BCUT2D eigenvalue weighted by atomic mass is 10.1. The number of nitrogens with zero attached hydrogens (tertiary/aromatic N) is 3. The summed E-state index contributed by atoms with van der Waals surface area (Å²) in [7, 11) is 0. The lowest BCUT2D eigenvalue weighted by Crippen LogP contribution is -2.42. The molecule has 1 aliphatic heterocycles. The molecule has 0 unspecified atom stereocenters. The average molecular weight is 316 g/mol. The van der Waals surface area contributed by atoms with Gasteiger partial charge in [-0.1, -0.05) is 0 Å². The number of hydrogen-bond donors (Lipinski definition) is 2. The van der Waals surface area contributed by atoms with Gasteiger partial charge >= 0.3 is 0 Å². The third-order valence-corrected chi connectivity index (χ3v) is 3.65. The van der Waals surface area contributed by atoms with Gasteiger partial charge in [0, 0.05) is 50.3 Å². The minimum absolute atomic E-state index is 0.0125. The van der Waals surface area contributed by atoms with Gasteiger partial charge in [-0.3, -0.25) is 14.6 Å². The van der Waals surface area contributed by atoms with E-state index >= 15 is 0 Å². The zero-order valence-electron chi connectivity index (χ0n) is 12.3. The summed E-state index contributed by atoms with van der Waals surface area (Å²) in [5, 5.41) is 9.39. The van der Waals surface area contributed by atoms with Crippen molar-refractivity contribution in [3.8, 4) is 11.8 Å². The van der Waals surface area contributed by atoms with Gasteiger partial charge in [0.15, 0.2) is 5.88 Å². The third-order valence-electron chi connectivity index (χ3n) is 3.65. The number of amides is 1. The second-order valence-electron chi connectivity index (χ2n) is 5.28. The first-order valence-corrected chi connectivity index (χ1v) is 7.27. The van der Waals surface area contributed by atoms with Gasteiger partial charge in [0.1, 0.15) is 12.4 Å². The summed E-state index contributed by atoms with van der Waals surface area (Å²) >= 11 is 0. The third kappa shape index (κ3) is 3.65. The van der Waals surface area contributed by atoms with Crippen molar-refractivity contribution in [1.82, 2.24) is 19.9 Å². The molecule has 1 amide bonds. The second kappa shape index (κ2) is 6.47. The quantitative estimate of drug-likeness (QED) is 0.856. The predicted molar refractivity (Wildman–Crippen MR) is 80.3 cm³/mol. The summed E-state index contributed by atoms with van der Waals surface area (Å²) in [6.07, 6.45) is 4.37. The molecule has 0 spiro atoms. The summed E-state index contributed by atoms with van der Waals surface area (Å²) in [6, 6.07) is 4.13. The molecule has 2 aromatic rings. The Labute approximate surface area is 131 Å². The van der Waals surface area contributed by atoms with E-state index in [1.807, 2.05) is 0 Å². The van der Waals surface area contributed by atoms with Crippen molar-refractivity contribution in [2.75, 3.05) is 13.1 Å². The number of carbonyl (C=O) groups excluding carboxylic acids is 1. The maximum absolute atomic E-state index is 12.4. The number of aromatic amines is 1. The van der Waals surface area contributed by atoms with Crippen molar-refractivity contribution in [3.05, 3.63) is 46.6 Å². The highest BCUT2D eigenvalue weighted by Gasteiger charge is 2.25. The first kappa shape index (κ1) is 15.0. The summed E-state index contributed by atoms with van der Waals surface area (Å²) in [6.45, 7) is 1.03. The van der Waals surface area contributed by atoms with Crippen LogP contribution in [-0.4, -0.2) is 50.1 Å². The zero-order chi connectivity index (χ0) is 16.2. The van der Waals surface area contributed by atoms with Crippen LogP contribution in [0.3, 0.4) is 0 Å². The topological polar surface area (TPSA) is 108 Å². The molecule has 1 fully saturated rings. The Hall–Kier alpha value is -2.90. The van der Waals surface area contributed by atoms with Gasteiger partial charge in [-0.15, -0.1) is 0 Å². The van der Waals surface area contributed by atoms with Crippen LogP contribution in [0, 0.1) is 0 Å². The molecular weight excluding hydrogens is 300 g/mol. The number of rotatable bonds is 3. The smallest absolute Gasteiger partial charge is 0.254 e. The maximum atomic E-state index is 12.4. The highest BCUT2D eigenvalue weighted by atomic mass is 16.5. The summed E-state index contributed by atoms with van der Waals surface area (Å²) in [5.74, 6) is -0.0704. The fraction of sp³-hybridized carbons (Fsp3) is 0.333. The van der Waals surface area contributed by atoms with Crippen LogP contribution >= 0.6 is 0 Å². The molecule has 0 aromatic carbocycles. The normalized spacial score (nSPS) is 15.4. The first-order valence-electron chi connectivity index (χ1n) is 7.27. The van der Waals surface area contributed by atoms with E-state index in [0.717, 1.165) is 0 Å². The van der Waals surface area contributed by atoms with Gasteiger partial charge in [0.05, 0.1) is 5.56 Å². The van der Waals surface area contributed by atoms with E-state index in [2.05, 4.69) is 15.0 Å². The van der Waals surface area contributed by atoms with Gasteiger partial charge < -0.3 is 14.7 Å². The van der Waals surface area contributed by atoms with Crippen LogP contribution in [-0.2, 0) is 0 Å². The zero-order valence-corrected chi connectivity index (χ0v) is 12.3. The Morgan fingerprint density at radius 1 is 1.35 bits per heavy atom. The van der Waals surface area contributed by atoms with E-state index in [9.17, 15) is 14.7 Å². The highest BCUT2D eigenvalue weighted by molar-refractivity contribution is 5.94. The molecule has 0 atom stereocenters. The standard InChI is InChI=1S/C15H16N4O4/c20-12-7-10(8-13(21)18-12)15(22)19-5-2-11(3-6-19)23-14-1-4-16-9-17-14/h1,4,7-9,11H,2-3,5-6H2,(H2,18,20,21). The van der Waals surface area contributed by atoms with Crippen LogP contribution in [0.2, 0.25) is 0 Å². The Balaban J connectivity index is 1.60. The number of pyridine rings is 1. The lowest BCUT2D eigenvalue weighted by molar-refractivity contribution is 0.0587. The van der Waals surface area contributed by atoms with Gasteiger partial charge in [0.2, 0.25) is 5.88 Å². The van der Waals surface area contributed by atoms with Crippen LogP contribution in [0.4, 0.5) is 0 Å². The minimum atomic E-state index is -0.504. The predicted octanol–water partition coefficient (Wildman–Crippen LogP) is 0.554. The highest BCUT2D eigenvalue weighted by Crippen LogP contribution is 2.18. The largest absolute Gasteiger partial charge is 0.494 e. The molecule has 8 heteroatoms. The summed E-state index contributed by atoms with van der Waals surface area (Å²) in [5.41, 5.74) is -0.322. The maximum Gasteiger partial charge on any atom is 0.254 e. The van der Waals surface area contributed by atoms with Crippen molar-refractivity contribution in [2.45, 2.75) is 18.9 Å². The fourth-order valence-electron chi connectivity index (χ4n) is 2.53. The van der Waals surface area contributed by atoms with Crippen molar-refractivity contribution >= 4 is 5.91 Å². The second-order valence-corrected chi connectivity index (χ2v) is 5.28. The Kier molecular flexibility index (Phi) is 4.22. The van der Waals surface area contributed by atoms with E-state index in [-0.39, 0.29) is 23.5 Å². The van der Waals surface area contributed by atoms with Gasteiger partial charge in [-0.2, -0.15) is 0 Å². The summed E-state index contributed by atoms with van der Waals surface area (Å²) < 4.78 is 5.74.